The molecule has 0 saturated carbocycles. The first-order valence-electron chi connectivity index (χ1n) is 5.07. The molecular weight excluding hydrogens is 222 g/mol. The lowest BCUT2D eigenvalue weighted by Gasteiger charge is -1.99. The topological polar surface area (TPSA) is 12.0 Å². The third-order valence-corrected chi connectivity index (χ3v) is 3.99. The molecule has 0 bridgehead atoms. The van der Waals surface area contributed by atoms with E-state index in [1.54, 1.807) is 0 Å². The van der Waals surface area contributed by atoms with Crippen LogP contribution in [0.1, 0.15) is 4.88 Å². The van der Waals surface area contributed by atoms with Gasteiger partial charge in [-0.25, -0.2) is 0 Å². The van der Waals surface area contributed by atoms with Gasteiger partial charge in [-0.1, -0.05) is 18.2 Å². The highest BCUT2D eigenvalue weighted by Crippen LogP contribution is 2.24. The van der Waals surface area contributed by atoms with E-state index in [4.69, 9.17) is 0 Å². The maximum absolute atomic E-state index is 3.45. The second-order valence-corrected chi connectivity index (χ2v) is 5.57. The van der Waals surface area contributed by atoms with Crippen molar-refractivity contribution in [3.63, 3.8) is 0 Å². The maximum Gasteiger partial charge on any atom is 0.0346 e. The summed E-state index contributed by atoms with van der Waals surface area (Å²) in [5, 5.41) is 4.82. The molecular formula is C12H15NS2. The molecule has 0 amide bonds. The molecule has 2 rings (SSSR count). The predicted molar refractivity (Wildman–Crippen MR) is 71.9 cm³/mol. The van der Waals surface area contributed by atoms with Crippen LogP contribution in [0.5, 0.6) is 0 Å². The van der Waals surface area contributed by atoms with Crippen molar-refractivity contribution in [2.24, 2.45) is 0 Å². The van der Waals surface area contributed by atoms with Crippen molar-refractivity contribution < 1.29 is 0 Å². The van der Waals surface area contributed by atoms with Gasteiger partial charge in [0.25, 0.3) is 0 Å². The minimum Gasteiger partial charge on any atom is -0.311 e. The van der Waals surface area contributed by atoms with Crippen LogP contribution < -0.4 is 5.32 Å². The van der Waals surface area contributed by atoms with Crippen LogP contribution in [0.3, 0.4) is 0 Å². The van der Waals surface area contributed by atoms with Crippen molar-refractivity contribution in [3.05, 3.63) is 35.2 Å². The molecule has 0 saturated heterocycles. The molecule has 0 aliphatic heterocycles. The van der Waals surface area contributed by atoms with Crippen LogP contribution in [0.25, 0.3) is 10.1 Å². The molecule has 0 aliphatic carbocycles. The Morgan fingerprint density at radius 2 is 2.20 bits per heavy atom. The molecule has 1 aromatic carbocycles. The van der Waals surface area contributed by atoms with Crippen LogP contribution in [-0.2, 0) is 6.54 Å². The highest BCUT2D eigenvalue weighted by Gasteiger charge is 1.99. The Bertz CT molecular complexity index is 389. The van der Waals surface area contributed by atoms with Crippen molar-refractivity contribution in [2.75, 3.05) is 18.6 Å². The van der Waals surface area contributed by atoms with Crippen molar-refractivity contribution >= 4 is 33.2 Å². The summed E-state index contributed by atoms with van der Waals surface area (Å²) in [5.74, 6) is 1.19. The van der Waals surface area contributed by atoms with Crippen molar-refractivity contribution in [3.8, 4) is 0 Å². The molecule has 1 nitrogen and oxygen atoms in total. The second kappa shape index (κ2) is 5.54. The van der Waals surface area contributed by atoms with E-state index >= 15 is 0 Å². The van der Waals surface area contributed by atoms with Gasteiger partial charge in [-0.05, 0) is 23.8 Å². The van der Waals surface area contributed by atoms with Gasteiger partial charge in [0.1, 0.15) is 0 Å². The van der Waals surface area contributed by atoms with Gasteiger partial charge in [-0.3, -0.25) is 0 Å². The van der Waals surface area contributed by atoms with Crippen LogP contribution in [-0.4, -0.2) is 18.6 Å². The number of hydrogen-bond acceptors (Lipinski definition) is 3. The highest BCUT2D eigenvalue weighted by atomic mass is 32.2. The normalized spacial score (nSPS) is 11.0. The summed E-state index contributed by atoms with van der Waals surface area (Å²) in [7, 11) is 0. The van der Waals surface area contributed by atoms with Gasteiger partial charge in [-0.15, -0.1) is 11.3 Å². The molecule has 1 N–H and O–H groups in total. The molecule has 0 radical (unpaired) electrons. The molecule has 2 aromatic rings. The second-order valence-electron chi connectivity index (χ2n) is 3.42. The lowest BCUT2D eigenvalue weighted by molar-refractivity contribution is 0.741. The Balaban J connectivity index is 1.97. The van der Waals surface area contributed by atoms with E-state index in [0.717, 1.165) is 13.1 Å². The maximum atomic E-state index is 3.45. The van der Waals surface area contributed by atoms with E-state index in [9.17, 15) is 0 Å². The zero-order valence-corrected chi connectivity index (χ0v) is 10.5. The number of rotatable bonds is 5. The third-order valence-electron chi connectivity index (χ3n) is 2.26. The van der Waals surface area contributed by atoms with Gasteiger partial charge in [0.05, 0.1) is 0 Å². The van der Waals surface area contributed by atoms with Crippen LogP contribution in [0.2, 0.25) is 0 Å². The van der Waals surface area contributed by atoms with Crippen LogP contribution in [0.15, 0.2) is 30.3 Å². The number of hydrogen-bond donors (Lipinski definition) is 1. The summed E-state index contributed by atoms with van der Waals surface area (Å²) >= 11 is 3.77. The molecule has 0 atom stereocenters. The fraction of sp³-hybridized carbons (Fsp3) is 0.333. The highest BCUT2D eigenvalue weighted by molar-refractivity contribution is 7.98. The van der Waals surface area contributed by atoms with E-state index in [1.807, 2.05) is 23.1 Å². The number of fused-ring (bicyclic) bond motifs is 1. The molecule has 1 heterocycles. The van der Waals surface area contributed by atoms with Gasteiger partial charge >= 0.3 is 0 Å². The first-order valence-corrected chi connectivity index (χ1v) is 7.28. The zero-order valence-electron chi connectivity index (χ0n) is 8.82. The van der Waals surface area contributed by atoms with Crippen molar-refractivity contribution in [2.45, 2.75) is 6.54 Å². The lowest BCUT2D eigenvalue weighted by Crippen LogP contribution is -2.15. The van der Waals surface area contributed by atoms with Crippen LogP contribution in [0, 0.1) is 0 Å². The summed E-state index contributed by atoms with van der Waals surface area (Å²) < 4.78 is 1.39. The molecule has 0 unspecified atom stereocenters. The molecule has 1 aromatic heterocycles. The van der Waals surface area contributed by atoms with Gasteiger partial charge in [0.2, 0.25) is 0 Å². The number of benzene rings is 1. The Morgan fingerprint density at radius 1 is 1.33 bits per heavy atom. The Labute approximate surface area is 98.9 Å². The Hall–Kier alpha value is -0.510. The van der Waals surface area contributed by atoms with E-state index in [0.29, 0.717) is 0 Å². The monoisotopic (exact) mass is 237 g/mol. The largest absolute Gasteiger partial charge is 0.311 e. The van der Waals surface area contributed by atoms with E-state index in [-0.39, 0.29) is 0 Å². The molecule has 15 heavy (non-hydrogen) atoms. The minimum absolute atomic E-state index is 1.000. The van der Waals surface area contributed by atoms with Crippen LogP contribution in [0.4, 0.5) is 0 Å². The molecule has 0 aliphatic rings. The first kappa shape index (κ1) is 11.0. The van der Waals surface area contributed by atoms with Gasteiger partial charge in [-0.2, -0.15) is 11.8 Å². The first-order chi connectivity index (χ1) is 7.40. The van der Waals surface area contributed by atoms with Gasteiger partial charge in [0, 0.05) is 28.4 Å². The van der Waals surface area contributed by atoms with Crippen molar-refractivity contribution in [1.29, 1.82) is 0 Å². The lowest BCUT2D eigenvalue weighted by atomic mass is 10.2. The zero-order chi connectivity index (χ0) is 10.5. The average molecular weight is 237 g/mol. The van der Waals surface area contributed by atoms with Crippen LogP contribution >= 0.6 is 23.1 Å². The fourth-order valence-electron chi connectivity index (χ4n) is 1.51. The van der Waals surface area contributed by atoms with Crippen molar-refractivity contribution in [1.82, 2.24) is 5.32 Å². The molecule has 0 spiro atoms. The van der Waals surface area contributed by atoms with Gasteiger partial charge in [0.15, 0.2) is 0 Å². The number of thioether (sulfide) groups is 1. The van der Waals surface area contributed by atoms with Gasteiger partial charge < -0.3 is 5.32 Å². The smallest absolute Gasteiger partial charge is 0.0346 e. The minimum atomic E-state index is 1.000. The molecule has 0 fully saturated rings. The summed E-state index contributed by atoms with van der Waals surface area (Å²) in [6.45, 7) is 2.09. The van der Waals surface area contributed by atoms with E-state index in [2.05, 4.69) is 41.9 Å². The predicted octanol–water partition coefficient (Wildman–Crippen LogP) is 3.35. The summed E-state index contributed by atoms with van der Waals surface area (Å²) in [6, 6.07) is 10.8. The molecule has 3 heteroatoms. The summed E-state index contributed by atoms with van der Waals surface area (Å²) in [5.41, 5.74) is 0. The summed E-state index contributed by atoms with van der Waals surface area (Å²) in [4.78, 5) is 1.43. The third kappa shape index (κ3) is 2.97. The number of nitrogens with one attached hydrogen (secondary N) is 1. The molecule has 80 valence electrons. The summed E-state index contributed by atoms with van der Waals surface area (Å²) in [6.07, 6.45) is 2.14. The number of thiophene rings is 1. The standard InChI is InChI=1S/C12H15NS2/c1-14-7-6-13-9-11-8-10-4-2-3-5-12(10)15-11/h2-5,8,13H,6-7,9H2,1H3. The Kier molecular flexibility index (Phi) is 4.06. The van der Waals surface area contributed by atoms with E-state index < -0.39 is 0 Å². The fourth-order valence-corrected chi connectivity index (χ4v) is 2.89. The SMILES string of the molecule is CSCCNCc1cc2ccccc2s1. The quantitative estimate of drug-likeness (QED) is 0.800. The average Bonchev–Trinajstić information content (AvgIpc) is 2.67. The van der Waals surface area contributed by atoms with E-state index in [1.165, 1.54) is 20.7 Å². The Morgan fingerprint density at radius 3 is 3.00 bits per heavy atom.